The number of rotatable bonds is 2. The van der Waals surface area contributed by atoms with E-state index in [9.17, 15) is 0 Å². The second-order valence-electron chi connectivity index (χ2n) is 6.05. The molecule has 0 aliphatic rings. The highest BCUT2D eigenvalue weighted by Crippen LogP contribution is 2.30. The molecule has 1 atom stereocenters. The summed E-state index contributed by atoms with van der Waals surface area (Å²) in [7, 11) is 0. The summed E-state index contributed by atoms with van der Waals surface area (Å²) in [5.41, 5.74) is 10.3. The number of benzene rings is 1. The molecule has 0 bridgehead atoms. The first-order valence-electron chi connectivity index (χ1n) is 6.09. The van der Waals surface area contributed by atoms with Gasteiger partial charge >= 0.3 is 0 Å². The molecule has 0 saturated carbocycles. The van der Waals surface area contributed by atoms with Crippen molar-refractivity contribution in [1.29, 1.82) is 0 Å². The fourth-order valence-corrected chi connectivity index (χ4v) is 1.89. The summed E-state index contributed by atoms with van der Waals surface area (Å²) in [5, 5.41) is 0. The molecule has 1 rings (SSSR count). The lowest BCUT2D eigenvalue weighted by Crippen LogP contribution is -2.33. The number of nitrogens with two attached hydrogens (primary N) is 1. The zero-order valence-electron chi connectivity index (χ0n) is 11.5. The molecule has 0 fully saturated rings. The maximum absolute atomic E-state index is 6.35. The largest absolute Gasteiger partial charge is 0.322 e. The smallest absolute Gasteiger partial charge is 0.0381 e. The number of hydrogen-bond donors (Lipinski definition) is 1. The molecule has 2 N–H and O–H groups in total. The molecule has 1 aromatic carbocycles. The summed E-state index contributed by atoms with van der Waals surface area (Å²) in [4.78, 5) is 0. The van der Waals surface area contributed by atoms with E-state index in [4.69, 9.17) is 5.73 Å². The van der Waals surface area contributed by atoms with E-state index in [1.807, 2.05) is 0 Å². The second kappa shape index (κ2) is 4.21. The Morgan fingerprint density at radius 3 is 2.12 bits per heavy atom. The van der Waals surface area contributed by atoms with Crippen LogP contribution < -0.4 is 5.73 Å². The molecule has 1 nitrogen and oxygen atoms in total. The molecular formula is C15H25N. The molecule has 1 unspecified atom stereocenters. The Morgan fingerprint density at radius 2 is 1.69 bits per heavy atom. The van der Waals surface area contributed by atoms with Crippen LogP contribution in [0.5, 0.6) is 0 Å². The molecule has 0 aromatic heterocycles. The Hall–Kier alpha value is -0.820. The SMILES string of the molecule is CCC(C)(N)c1cc(C(C)(C)C)ccc1C. The van der Waals surface area contributed by atoms with E-state index < -0.39 is 0 Å². The van der Waals surface area contributed by atoms with Crippen molar-refractivity contribution in [3.8, 4) is 0 Å². The minimum Gasteiger partial charge on any atom is -0.322 e. The Bertz CT molecular complexity index is 370. The van der Waals surface area contributed by atoms with Crippen LogP contribution in [0.1, 0.15) is 57.7 Å². The van der Waals surface area contributed by atoms with Crippen molar-refractivity contribution in [3.05, 3.63) is 34.9 Å². The average molecular weight is 219 g/mol. The van der Waals surface area contributed by atoms with E-state index in [0.29, 0.717) is 0 Å². The predicted octanol–water partition coefficient (Wildman–Crippen LogP) is 3.88. The number of hydrogen-bond acceptors (Lipinski definition) is 1. The van der Waals surface area contributed by atoms with Gasteiger partial charge in [0.25, 0.3) is 0 Å². The van der Waals surface area contributed by atoms with Crippen molar-refractivity contribution in [2.75, 3.05) is 0 Å². The Kier molecular flexibility index (Phi) is 3.49. The van der Waals surface area contributed by atoms with E-state index >= 15 is 0 Å². The summed E-state index contributed by atoms with van der Waals surface area (Å²) < 4.78 is 0. The minimum absolute atomic E-state index is 0.187. The van der Waals surface area contributed by atoms with Crippen LogP contribution in [0.3, 0.4) is 0 Å². The van der Waals surface area contributed by atoms with Crippen LogP contribution in [0.15, 0.2) is 18.2 Å². The van der Waals surface area contributed by atoms with Gasteiger partial charge in [0.1, 0.15) is 0 Å². The summed E-state index contributed by atoms with van der Waals surface area (Å²) in [6.45, 7) is 13.1. The van der Waals surface area contributed by atoms with Crippen LogP contribution >= 0.6 is 0 Å². The van der Waals surface area contributed by atoms with Gasteiger partial charge in [0, 0.05) is 5.54 Å². The van der Waals surface area contributed by atoms with Gasteiger partial charge < -0.3 is 5.73 Å². The van der Waals surface area contributed by atoms with E-state index in [1.54, 1.807) is 0 Å². The van der Waals surface area contributed by atoms with Gasteiger partial charge in [-0.05, 0) is 42.4 Å². The van der Waals surface area contributed by atoms with Gasteiger partial charge in [-0.1, -0.05) is 45.9 Å². The third-order valence-corrected chi connectivity index (χ3v) is 3.45. The summed E-state index contributed by atoms with van der Waals surface area (Å²) >= 11 is 0. The zero-order chi connectivity index (χ0) is 12.6. The van der Waals surface area contributed by atoms with Crippen molar-refractivity contribution >= 4 is 0 Å². The molecule has 1 heteroatoms. The van der Waals surface area contributed by atoms with Crippen molar-refractivity contribution < 1.29 is 0 Å². The summed E-state index contributed by atoms with van der Waals surface area (Å²) in [6, 6.07) is 6.68. The first-order chi connectivity index (χ1) is 7.18. The fourth-order valence-electron chi connectivity index (χ4n) is 1.89. The molecule has 0 spiro atoms. The van der Waals surface area contributed by atoms with Crippen LogP contribution in [-0.4, -0.2) is 0 Å². The van der Waals surface area contributed by atoms with Gasteiger partial charge in [0.2, 0.25) is 0 Å². The topological polar surface area (TPSA) is 26.0 Å². The molecule has 90 valence electrons. The lowest BCUT2D eigenvalue weighted by molar-refractivity contribution is 0.471. The lowest BCUT2D eigenvalue weighted by atomic mass is 9.80. The monoisotopic (exact) mass is 219 g/mol. The predicted molar refractivity (Wildman–Crippen MR) is 71.7 cm³/mol. The van der Waals surface area contributed by atoms with E-state index in [0.717, 1.165) is 6.42 Å². The van der Waals surface area contributed by atoms with E-state index in [2.05, 4.69) is 59.7 Å². The van der Waals surface area contributed by atoms with Gasteiger partial charge in [-0.3, -0.25) is 0 Å². The quantitative estimate of drug-likeness (QED) is 0.802. The van der Waals surface area contributed by atoms with E-state index in [1.165, 1.54) is 16.7 Å². The maximum atomic E-state index is 6.35. The Morgan fingerprint density at radius 1 is 1.12 bits per heavy atom. The molecule has 0 aliphatic carbocycles. The molecule has 0 saturated heterocycles. The number of aryl methyl sites for hydroxylation is 1. The zero-order valence-corrected chi connectivity index (χ0v) is 11.5. The van der Waals surface area contributed by atoms with Gasteiger partial charge in [-0.15, -0.1) is 0 Å². The van der Waals surface area contributed by atoms with E-state index in [-0.39, 0.29) is 11.0 Å². The molecule has 0 aliphatic heterocycles. The molecule has 0 radical (unpaired) electrons. The summed E-state index contributed by atoms with van der Waals surface area (Å²) in [6.07, 6.45) is 0.960. The summed E-state index contributed by atoms with van der Waals surface area (Å²) in [5.74, 6) is 0. The van der Waals surface area contributed by atoms with Gasteiger partial charge in [0.15, 0.2) is 0 Å². The molecular weight excluding hydrogens is 194 g/mol. The van der Waals surface area contributed by atoms with Crippen LogP contribution in [-0.2, 0) is 11.0 Å². The highest BCUT2D eigenvalue weighted by atomic mass is 14.7. The Labute approximate surface area is 100 Å². The first-order valence-corrected chi connectivity index (χ1v) is 6.09. The third kappa shape index (κ3) is 2.65. The normalized spacial score (nSPS) is 15.9. The lowest BCUT2D eigenvalue weighted by Gasteiger charge is -2.28. The third-order valence-electron chi connectivity index (χ3n) is 3.45. The van der Waals surface area contributed by atoms with Crippen LogP contribution in [0.4, 0.5) is 0 Å². The average Bonchev–Trinajstić information content (AvgIpc) is 2.16. The molecule has 0 amide bonds. The highest BCUT2D eigenvalue weighted by Gasteiger charge is 2.23. The van der Waals surface area contributed by atoms with Crippen molar-refractivity contribution in [3.63, 3.8) is 0 Å². The van der Waals surface area contributed by atoms with Gasteiger partial charge in [0.05, 0.1) is 0 Å². The second-order valence-corrected chi connectivity index (χ2v) is 6.05. The molecule has 1 aromatic rings. The molecule has 0 heterocycles. The Balaban J connectivity index is 3.30. The highest BCUT2D eigenvalue weighted by molar-refractivity contribution is 5.38. The first kappa shape index (κ1) is 13.2. The van der Waals surface area contributed by atoms with Crippen molar-refractivity contribution in [2.45, 2.75) is 58.9 Å². The van der Waals surface area contributed by atoms with Crippen LogP contribution in [0, 0.1) is 6.92 Å². The minimum atomic E-state index is -0.217. The van der Waals surface area contributed by atoms with Crippen LogP contribution in [0.25, 0.3) is 0 Å². The van der Waals surface area contributed by atoms with Crippen LogP contribution in [0.2, 0.25) is 0 Å². The standard InChI is InChI=1S/C15H25N/c1-7-15(6,16)13-10-12(14(3,4)5)9-8-11(13)2/h8-10H,7,16H2,1-6H3. The van der Waals surface area contributed by atoms with Gasteiger partial charge in [-0.2, -0.15) is 0 Å². The van der Waals surface area contributed by atoms with Crippen molar-refractivity contribution in [1.82, 2.24) is 0 Å². The molecule has 16 heavy (non-hydrogen) atoms. The maximum Gasteiger partial charge on any atom is 0.0381 e. The van der Waals surface area contributed by atoms with Crippen molar-refractivity contribution in [2.24, 2.45) is 5.73 Å². The van der Waals surface area contributed by atoms with Gasteiger partial charge in [-0.25, -0.2) is 0 Å². The fraction of sp³-hybridized carbons (Fsp3) is 0.600.